The molecule has 0 aliphatic carbocycles. The van der Waals surface area contributed by atoms with Gasteiger partial charge in [-0.05, 0) is 109 Å². The molecule has 0 heterocycles. The largest absolute Gasteiger partial charge is 0.457 e. The first kappa shape index (κ1) is 55.5. The summed E-state index contributed by atoms with van der Waals surface area (Å²) in [6, 6.07) is 0. The van der Waals surface area contributed by atoms with Crippen molar-refractivity contribution in [3.63, 3.8) is 0 Å². The van der Waals surface area contributed by atoms with Crippen LogP contribution in [0.3, 0.4) is 0 Å². The van der Waals surface area contributed by atoms with Gasteiger partial charge < -0.3 is 14.6 Å². The van der Waals surface area contributed by atoms with Crippen LogP contribution in [0.2, 0.25) is 0 Å². The van der Waals surface area contributed by atoms with E-state index in [4.69, 9.17) is 9.47 Å². The summed E-state index contributed by atoms with van der Waals surface area (Å²) < 4.78 is 11.2. The molecule has 0 saturated heterocycles. The molecule has 1 atom stereocenters. The van der Waals surface area contributed by atoms with Gasteiger partial charge in [0, 0.05) is 13.0 Å². The van der Waals surface area contributed by atoms with Crippen LogP contribution in [0.4, 0.5) is 0 Å². The number of hydrogen-bond acceptors (Lipinski definition) is 4. The number of ether oxygens (including phenoxy) is 2. The molecule has 0 bridgehead atoms. The molecule has 1 unspecified atom stereocenters. The number of rotatable bonds is 42. The number of carbonyl (C=O) groups excluding carboxylic acids is 1. The van der Waals surface area contributed by atoms with Gasteiger partial charge in [-0.25, -0.2) is 0 Å². The monoisotopic (exact) mass is 813 g/mol. The summed E-state index contributed by atoms with van der Waals surface area (Å²) in [5, 5.41) is 9.64. The third-order valence-electron chi connectivity index (χ3n) is 9.47. The standard InChI is InChI=1S/C55H88O4/c1-3-5-7-9-11-13-15-17-19-21-23-25-27-29-31-33-35-37-39-41-43-45-47-49-51-58-53-54(52-56)59-55(57)50-48-46-44-42-40-38-36-34-32-30-28-26-24-22-20-18-16-14-12-10-8-6-4-2/h5-8,11-14,17-20,23-26,29-32,36,38,54,56H,3-4,9-10,15-16,21-22,27-28,33-35,37,39-53H2,1-2H3/b7-5-,8-6-,13-11-,14-12-,19-17-,20-18-,25-23-,26-24-,31-29-,32-30-,38-36-. The summed E-state index contributed by atoms with van der Waals surface area (Å²) >= 11 is 0. The lowest BCUT2D eigenvalue weighted by atomic mass is 10.1. The van der Waals surface area contributed by atoms with Gasteiger partial charge in [0.25, 0.3) is 0 Å². The van der Waals surface area contributed by atoms with E-state index in [1.807, 2.05) is 0 Å². The van der Waals surface area contributed by atoms with Crippen LogP contribution in [0.15, 0.2) is 134 Å². The average Bonchev–Trinajstić information content (AvgIpc) is 3.24. The Bertz CT molecular complexity index is 1220. The van der Waals surface area contributed by atoms with E-state index in [1.165, 1.54) is 44.9 Å². The van der Waals surface area contributed by atoms with Gasteiger partial charge in [-0.1, -0.05) is 199 Å². The first-order chi connectivity index (χ1) is 29.2. The maximum Gasteiger partial charge on any atom is 0.306 e. The fourth-order valence-electron chi connectivity index (χ4n) is 6.00. The Kier molecular flexibility index (Phi) is 47.7. The van der Waals surface area contributed by atoms with Gasteiger partial charge in [-0.3, -0.25) is 4.79 Å². The zero-order valence-electron chi connectivity index (χ0n) is 38.0. The number of carbonyl (C=O) groups is 1. The number of unbranched alkanes of at least 4 members (excludes halogenated alkanes) is 12. The van der Waals surface area contributed by atoms with E-state index in [-0.39, 0.29) is 19.2 Å². The first-order valence-electron chi connectivity index (χ1n) is 23.8. The number of allylic oxidation sites excluding steroid dienone is 22. The molecule has 0 radical (unpaired) electrons. The highest BCUT2D eigenvalue weighted by Crippen LogP contribution is 2.11. The topological polar surface area (TPSA) is 55.8 Å². The highest BCUT2D eigenvalue weighted by molar-refractivity contribution is 5.69. The molecule has 0 aliphatic rings. The zero-order chi connectivity index (χ0) is 42.6. The molecule has 0 fully saturated rings. The third-order valence-corrected chi connectivity index (χ3v) is 9.47. The lowest BCUT2D eigenvalue weighted by molar-refractivity contribution is -0.154. The van der Waals surface area contributed by atoms with Crippen molar-refractivity contribution < 1.29 is 19.4 Å². The molecular formula is C55H88O4. The lowest BCUT2D eigenvalue weighted by Crippen LogP contribution is -2.27. The van der Waals surface area contributed by atoms with Crippen LogP contribution in [0.5, 0.6) is 0 Å². The number of aliphatic hydroxyl groups is 1. The van der Waals surface area contributed by atoms with Gasteiger partial charge in [0.05, 0.1) is 13.2 Å². The summed E-state index contributed by atoms with van der Waals surface area (Å²) in [5.41, 5.74) is 0. The van der Waals surface area contributed by atoms with Crippen molar-refractivity contribution in [2.24, 2.45) is 0 Å². The fraction of sp³-hybridized carbons (Fsp3) is 0.582. The molecule has 59 heavy (non-hydrogen) atoms. The highest BCUT2D eigenvalue weighted by Gasteiger charge is 2.13. The maximum absolute atomic E-state index is 12.2. The van der Waals surface area contributed by atoms with Crippen molar-refractivity contribution in [1.82, 2.24) is 0 Å². The molecule has 0 rings (SSSR count). The van der Waals surface area contributed by atoms with Crippen LogP contribution in [-0.4, -0.2) is 37.0 Å². The van der Waals surface area contributed by atoms with E-state index in [0.717, 1.165) is 116 Å². The van der Waals surface area contributed by atoms with Gasteiger partial charge >= 0.3 is 5.97 Å². The van der Waals surface area contributed by atoms with Gasteiger partial charge in [-0.2, -0.15) is 0 Å². The van der Waals surface area contributed by atoms with Crippen LogP contribution in [0.25, 0.3) is 0 Å². The Morgan fingerprint density at radius 3 is 1.07 bits per heavy atom. The summed E-state index contributed by atoms with van der Waals surface area (Å²) in [7, 11) is 0. The molecule has 0 spiro atoms. The van der Waals surface area contributed by atoms with Crippen LogP contribution >= 0.6 is 0 Å². The molecule has 4 heteroatoms. The second kappa shape index (κ2) is 50.7. The van der Waals surface area contributed by atoms with Gasteiger partial charge in [0.1, 0.15) is 6.10 Å². The number of esters is 1. The smallest absolute Gasteiger partial charge is 0.306 e. The molecule has 1 N–H and O–H groups in total. The van der Waals surface area contributed by atoms with E-state index >= 15 is 0 Å². The highest BCUT2D eigenvalue weighted by atomic mass is 16.6. The number of hydrogen-bond donors (Lipinski definition) is 1. The van der Waals surface area contributed by atoms with Crippen molar-refractivity contribution in [3.8, 4) is 0 Å². The van der Waals surface area contributed by atoms with Crippen molar-refractivity contribution >= 4 is 5.97 Å². The van der Waals surface area contributed by atoms with Gasteiger partial charge in [0.2, 0.25) is 0 Å². The van der Waals surface area contributed by atoms with Crippen LogP contribution < -0.4 is 0 Å². The minimum absolute atomic E-state index is 0.196. The SMILES string of the molecule is CC/C=C\C/C=C\C/C=C\C/C=C\C/C=C\C/C=C\CCCCCCC(=O)OC(CO)COCCCCCCCCCC/C=C\C/C=C\C/C=C\C/C=C\C/C=C\CC. The molecule has 0 aromatic rings. The fourth-order valence-corrected chi connectivity index (χ4v) is 6.00. The van der Waals surface area contributed by atoms with E-state index in [0.29, 0.717) is 13.0 Å². The van der Waals surface area contributed by atoms with Crippen molar-refractivity contribution in [2.45, 2.75) is 187 Å². The quantitative estimate of drug-likeness (QED) is 0.0379. The molecule has 0 aliphatic heterocycles. The molecule has 0 saturated carbocycles. The Morgan fingerprint density at radius 2 is 0.712 bits per heavy atom. The summed E-state index contributed by atoms with van der Waals surface area (Å²) in [6.45, 7) is 5.05. The Labute approximate surface area is 364 Å². The summed E-state index contributed by atoms with van der Waals surface area (Å²) in [6.07, 6.45) is 76.6. The van der Waals surface area contributed by atoms with E-state index < -0.39 is 6.10 Å². The zero-order valence-corrected chi connectivity index (χ0v) is 38.0. The normalized spacial score (nSPS) is 13.6. The maximum atomic E-state index is 12.2. The predicted molar refractivity (Wildman–Crippen MR) is 260 cm³/mol. The molecule has 332 valence electrons. The summed E-state index contributed by atoms with van der Waals surface area (Å²) in [5.74, 6) is -0.234. The van der Waals surface area contributed by atoms with Gasteiger partial charge in [-0.15, -0.1) is 0 Å². The van der Waals surface area contributed by atoms with Crippen molar-refractivity contribution in [3.05, 3.63) is 134 Å². The van der Waals surface area contributed by atoms with Crippen LogP contribution in [0, 0.1) is 0 Å². The summed E-state index contributed by atoms with van der Waals surface area (Å²) in [4.78, 5) is 12.2. The molecule has 4 nitrogen and oxygen atoms in total. The Balaban J connectivity index is 3.57. The first-order valence-corrected chi connectivity index (χ1v) is 23.8. The third kappa shape index (κ3) is 48.8. The lowest BCUT2D eigenvalue weighted by Gasteiger charge is -2.15. The average molecular weight is 813 g/mol. The Hall–Kier alpha value is -3.47. The van der Waals surface area contributed by atoms with E-state index in [2.05, 4.69) is 148 Å². The molecule has 0 aromatic heterocycles. The van der Waals surface area contributed by atoms with Crippen molar-refractivity contribution in [1.29, 1.82) is 0 Å². The van der Waals surface area contributed by atoms with E-state index in [1.54, 1.807) is 0 Å². The van der Waals surface area contributed by atoms with Crippen LogP contribution in [-0.2, 0) is 14.3 Å². The second-order valence-electron chi connectivity index (χ2n) is 15.1. The minimum atomic E-state index is -0.565. The predicted octanol–water partition coefficient (Wildman–Crippen LogP) is 16.2. The molecular weight excluding hydrogens is 725 g/mol. The van der Waals surface area contributed by atoms with E-state index in [9.17, 15) is 9.90 Å². The molecule has 0 aromatic carbocycles. The van der Waals surface area contributed by atoms with Crippen molar-refractivity contribution in [2.75, 3.05) is 19.8 Å². The van der Waals surface area contributed by atoms with Gasteiger partial charge in [0.15, 0.2) is 0 Å². The second-order valence-corrected chi connectivity index (χ2v) is 15.1. The minimum Gasteiger partial charge on any atom is -0.457 e. The molecule has 0 amide bonds. The number of aliphatic hydroxyl groups excluding tert-OH is 1. The van der Waals surface area contributed by atoms with Crippen LogP contribution in [0.1, 0.15) is 181 Å². The Morgan fingerprint density at radius 1 is 0.407 bits per heavy atom.